The van der Waals surface area contributed by atoms with Gasteiger partial charge in [0.25, 0.3) is 5.91 Å². The molecule has 1 saturated carbocycles. The molecule has 1 aliphatic carbocycles. The Morgan fingerprint density at radius 1 is 1.20 bits per heavy atom. The van der Waals surface area contributed by atoms with Crippen LogP contribution in [0.3, 0.4) is 0 Å². The summed E-state index contributed by atoms with van der Waals surface area (Å²) in [6.45, 7) is 2.67. The molecule has 4 rings (SSSR count). The van der Waals surface area contributed by atoms with Crippen LogP contribution in [0.1, 0.15) is 39.5 Å². The summed E-state index contributed by atoms with van der Waals surface area (Å²) in [6.07, 6.45) is 2.20. The Hall–Kier alpha value is -2.83. The van der Waals surface area contributed by atoms with Crippen LogP contribution < -0.4 is 9.80 Å². The maximum absolute atomic E-state index is 13.8. The molecule has 2 aliphatic rings. The molecule has 1 N–H and O–H groups in total. The summed E-state index contributed by atoms with van der Waals surface area (Å²) in [6, 6.07) is 6.20. The molecule has 0 bridgehead atoms. The molecule has 6 nitrogen and oxygen atoms in total. The molecule has 0 atom stereocenters. The Balaban J connectivity index is 1.73. The third-order valence-electron chi connectivity index (χ3n) is 4.66. The van der Waals surface area contributed by atoms with Crippen molar-refractivity contribution in [3.8, 4) is 0 Å². The minimum Gasteiger partial charge on any atom is -0.475 e. The van der Waals surface area contributed by atoms with Gasteiger partial charge in [0, 0.05) is 24.7 Å². The fourth-order valence-corrected chi connectivity index (χ4v) is 3.30. The first kappa shape index (κ1) is 15.7. The van der Waals surface area contributed by atoms with Gasteiger partial charge in [-0.25, -0.2) is 9.18 Å². The van der Waals surface area contributed by atoms with Gasteiger partial charge >= 0.3 is 5.97 Å². The lowest BCUT2D eigenvalue weighted by molar-refractivity contribution is 0.0660. The van der Waals surface area contributed by atoms with E-state index in [4.69, 9.17) is 9.52 Å². The largest absolute Gasteiger partial charge is 0.475 e. The monoisotopic (exact) mass is 344 g/mol. The minimum absolute atomic E-state index is 0.0208. The van der Waals surface area contributed by atoms with E-state index < -0.39 is 17.7 Å². The summed E-state index contributed by atoms with van der Waals surface area (Å²) in [5.41, 5.74) is 1.77. The van der Waals surface area contributed by atoms with E-state index in [0.717, 1.165) is 18.5 Å². The number of aromatic carboxylic acids is 1. The molecule has 25 heavy (non-hydrogen) atoms. The van der Waals surface area contributed by atoms with Crippen LogP contribution in [0.25, 0.3) is 0 Å². The average molecular weight is 344 g/mol. The number of carbonyl (C=O) groups is 2. The maximum atomic E-state index is 13.8. The van der Waals surface area contributed by atoms with Crippen LogP contribution in [0.5, 0.6) is 0 Å². The molecule has 7 heteroatoms. The summed E-state index contributed by atoms with van der Waals surface area (Å²) < 4.78 is 19.0. The normalized spacial score (nSPS) is 16.7. The summed E-state index contributed by atoms with van der Waals surface area (Å²) >= 11 is 0. The lowest BCUT2D eigenvalue weighted by Crippen LogP contribution is -2.45. The molecule has 1 aromatic carbocycles. The summed E-state index contributed by atoms with van der Waals surface area (Å²) in [4.78, 5) is 27.7. The van der Waals surface area contributed by atoms with Crippen molar-refractivity contribution in [3.63, 3.8) is 0 Å². The van der Waals surface area contributed by atoms with Crippen LogP contribution >= 0.6 is 0 Å². The van der Waals surface area contributed by atoms with Crippen molar-refractivity contribution >= 4 is 23.3 Å². The molecule has 1 amide bonds. The quantitative estimate of drug-likeness (QED) is 0.926. The molecule has 2 aromatic rings. The topological polar surface area (TPSA) is 74.0 Å². The number of nitrogens with zero attached hydrogens (tertiary/aromatic N) is 2. The third kappa shape index (κ3) is 2.65. The van der Waals surface area contributed by atoms with Gasteiger partial charge in [0.15, 0.2) is 5.76 Å². The van der Waals surface area contributed by atoms with Gasteiger partial charge in [-0.3, -0.25) is 4.79 Å². The van der Waals surface area contributed by atoms with Gasteiger partial charge < -0.3 is 19.3 Å². The summed E-state index contributed by atoms with van der Waals surface area (Å²) in [5.74, 6) is -2.40. The molecule has 0 spiro atoms. The standard InChI is InChI=1S/C18H17FN2O4/c1-10-8-15(18(23)24)25-16(10)17(22)21-7-6-20(12-3-4-12)13-5-2-11(19)9-14(13)21/h2,5,8-9,12H,3-4,6-7H2,1H3,(H,23,24). The number of amides is 1. The summed E-state index contributed by atoms with van der Waals surface area (Å²) in [5, 5.41) is 9.04. The Kier molecular flexibility index (Phi) is 3.52. The number of fused-ring (bicyclic) bond motifs is 1. The number of carboxylic acids is 1. The second-order valence-corrected chi connectivity index (χ2v) is 6.44. The number of benzene rings is 1. The number of hydrogen-bond acceptors (Lipinski definition) is 4. The zero-order valence-electron chi connectivity index (χ0n) is 13.7. The second kappa shape index (κ2) is 5.61. The van der Waals surface area contributed by atoms with E-state index >= 15 is 0 Å². The van der Waals surface area contributed by atoms with Crippen molar-refractivity contribution in [2.75, 3.05) is 22.9 Å². The van der Waals surface area contributed by atoms with E-state index in [1.54, 1.807) is 13.0 Å². The molecular weight excluding hydrogens is 327 g/mol. The van der Waals surface area contributed by atoms with Gasteiger partial charge in [-0.1, -0.05) is 0 Å². The van der Waals surface area contributed by atoms with Crippen molar-refractivity contribution in [1.82, 2.24) is 0 Å². The van der Waals surface area contributed by atoms with Crippen LogP contribution in [0.15, 0.2) is 28.7 Å². The predicted molar refractivity (Wildman–Crippen MR) is 88.8 cm³/mol. The van der Waals surface area contributed by atoms with Crippen LogP contribution in [-0.2, 0) is 0 Å². The van der Waals surface area contributed by atoms with Gasteiger partial charge in [-0.15, -0.1) is 0 Å². The number of anilines is 2. The highest BCUT2D eigenvalue weighted by molar-refractivity contribution is 6.08. The lowest BCUT2D eigenvalue weighted by Gasteiger charge is -2.37. The zero-order chi connectivity index (χ0) is 17.7. The molecule has 0 radical (unpaired) electrons. The van der Waals surface area contributed by atoms with E-state index in [0.29, 0.717) is 30.4 Å². The zero-order valence-corrected chi connectivity index (χ0v) is 13.7. The van der Waals surface area contributed by atoms with Crippen LogP contribution in [0.2, 0.25) is 0 Å². The molecule has 1 aromatic heterocycles. The highest BCUT2D eigenvalue weighted by atomic mass is 19.1. The van der Waals surface area contributed by atoms with Crippen molar-refractivity contribution < 1.29 is 23.5 Å². The Morgan fingerprint density at radius 2 is 1.96 bits per heavy atom. The third-order valence-corrected chi connectivity index (χ3v) is 4.66. The number of carboxylic acid groups (broad SMARTS) is 1. The fraction of sp³-hybridized carbons (Fsp3) is 0.333. The fourth-order valence-electron chi connectivity index (χ4n) is 3.30. The Bertz CT molecular complexity index is 872. The molecule has 1 aliphatic heterocycles. The second-order valence-electron chi connectivity index (χ2n) is 6.44. The molecule has 0 saturated heterocycles. The first-order valence-corrected chi connectivity index (χ1v) is 8.17. The van der Waals surface area contributed by atoms with Crippen LogP contribution in [0, 0.1) is 12.7 Å². The highest BCUT2D eigenvalue weighted by Gasteiger charge is 2.37. The molecule has 130 valence electrons. The molecule has 2 heterocycles. The smallest absolute Gasteiger partial charge is 0.371 e. The maximum Gasteiger partial charge on any atom is 0.371 e. The van der Waals surface area contributed by atoms with E-state index in [2.05, 4.69) is 4.90 Å². The van der Waals surface area contributed by atoms with Gasteiger partial charge in [0.2, 0.25) is 5.76 Å². The molecule has 1 fully saturated rings. The average Bonchev–Trinajstić information content (AvgIpc) is 3.34. The van der Waals surface area contributed by atoms with Gasteiger partial charge in [-0.05, 0) is 44.0 Å². The van der Waals surface area contributed by atoms with E-state index in [9.17, 15) is 14.0 Å². The van der Waals surface area contributed by atoms with Gasteiger partial charge in [0.1, 0.15) is 5.82 Å². The van der Waals surface area contributed by atoms with Crippen molar-refractivity contribution in [1.29, 1.82) is 0 Å². The number of hydrogen-bond donors (Lipinski definition) is 1. The van der Waals surface area contributed by atoms with E-state index in [1.807, 2.05) is 0 Å². The Labute approximate surface area is 143 Å². The van der Waals surface area contributed by atoms with Crippen LogP contribution in [0.4, 0.5) is 15.8 Å². The molecule has 0 unspecified atom stereocenters. The number of rotatable bonds is 3. The number of halogens is 1. The van der Waals surface area contributed by atoms with Gasteiger partial charge in [-0.2, -0.15) is 0 Å². The van der Waals surface area contributed by atoms with Crippen molar-refractivity contribution in [2.24, 2.45) is 0 Å². The SMILES string of the molecule is Cc1cc(C(=O)O)oc1C(=O)N1CCN(C2CC2)c2ccc(F)cc21. The predicted octanol–water partition coefficient (Wildman–Crippen LogP) is 3.05. The number of carbonyl (C=O) groups excluding carboxylic acids is 1. The van der Waals surface area contributed by atoms with Crippen molar-refractivity contribution in [3.05, 3.63) is 47.2 Å². The number of aryl methyl sites for hydroxylation is 1. The first-order chi connectivity index (χ1) is 12.0. The Morgan fingerprint density at radius 3 is 2.60 bits per heavy atom. The lowest BCUT2D eigenvalue weighted by atomic mass is 10.1. The minimum atomic E-state index is -1.23. The molecular formula is C18H17FN2O4. The summed E-state index contributed by atoms with van der Waals surface area (Å²) in [7, 11) is 0. The number of furan rings is 1. The first-order valence-electron chi connectivity index (χ1n) is 8.17. The van der Waals surface area contributed by atoms with Gasteiger partial charge in [0.05, 0.1) is 11.4 Å². The van der Waals surface area contributed by atoms with Crippen LogP contribution in [-0.4, -0.2) is 36.1 Å². The van der Waals surface area contributed by atoms with Crippen molar-refractivity contribution in [2.45, 2.75) is 25.8 Å². The highest BCUT2D eigenvalue weighted by Crippen LogP contribution is 2.41. The van der Waals surface area contributed by atoms with E-state index in [-0.39, 0.29) is 11.5 Å². The van der Waals surface area contributed by atoms with E-state index in [1.165, 1.54) is 23.1 Å².